The second-order valence-electron chi connectivity index (χ2n) is 7.84. The molecule has 1 saturated carbocycles. The zero-order valence-corrected chi connectivity index (χ0v) is 17.7. The van der Waals surface area contributed by atoms with Crippen LogP contribution in [-0.2, 0) is 14.6 Å². The maximum absolute atomic E-state index is 12.7. The predicted molar refractivity (Wildman–Crippen MR) is 113 cm³/mol. The molecule has 2 atom stereocenters. The van der Waals surface area contributed by atoms with Crippen LogP contribution in [0.25, 0.3) is 0 Å². The lowest BCUT2D eigenvalue weighted by molar-refractivity contribution is -0.118. The third-order valence-electron chi connectivity index (χ3n) is 5.82. The smallest absolute Gasteiger partial charge is 0.248 e. The first kappa shape index (κ1) is 19.8. The Kier molecular flexibility index (Phi) is 5.69. The number of hydrogen-bond donors (Lipinski definition) is 0. The largest absolute Gasteiger partial charge is 0.495 e. The highest BCUT2D eigenvalue weighted by Gasteiger charge is 2.50. The van der Waals surface area contributed by atoms with Crippen LogP contribution in [0, 0.1) is 5.92 Å². The van der Waals surface area contributed by atoms with E-state index in [1.807, 2.05) is 29.2 Å². The fourth-order valence-corrected chi connectivity index (χ4v) is 8.39. The molecule has 6 nitrogen and oxygen atoms in total. The predicted octanol–water partition coefficient (Wildman–Crippen LogP) is 3.27. The molecule has 0 bridgehead atoms. The van der Waals surface area contributed by atoms with Gasteiger partial charge >= 0.3 is 0 Å². The van der Waals surface area contributed by atoms with Crippen molar-refractivity contribution in [1.29, 1.82) is 0 Å². The normalized spacial score (nSPS) is 28.5. The summed E-state index contributed by atoms with van der Waals surface area (Å²) in [5.41, 5.74) is 0.770. The van der Waals surface area contributed by atoms with Gasteiger partial charge in [0.05, 0.1) is 30.3 Å². The van der Waals surface area contributed by atoms with E-state index in [9.17, 15) is 13.2 Å². The van der Waals surface area contributed by atoms with E-state index in [0.717, 1.165) is 18.5 Å². The number of aliphatic imine (C=N–C) groups is 1. The summed E-state index contributed by atoms with van der Waals surface area (Å²) in [4.78, 5) is 19.0. The lowest BCUT2D eigenvalue weighted by Crippen LogP contribution is -2.38. The number of rotatable bonds is 4. The zero-order valence-electron chi connectivity index (χ0n) is 16.0. The molecule has 1 aromatic carbocycles. The van der Waals surface area contributed by atoms with Gasteiger partial charge in [0, 0.05) is 11.7 Å². The molecule has 1 amide bonds. The molecule has 2 aliphatic heterocycles. The number of anilines is 1. The van der Waals surface area contributed by atoms with Crippen molar-refractivity contribution in [1.82, 2.24) is 0 Å². The molecule has 0 aromatic heterocycles. The van der Waals surface area contributed by atoms with Gasteiger partial charge in [0.2, 0.25) is 5.91 Å². The minimum atomic E-state index is -3.08. The summed E-state index contributed by atoms with van der Waals surface area (Å²) in [6.07, 6.45) is 6.33. The first-order chi connectivity index (χ1) is 13.5. The SMILES string of the molecule is COc1ccccc1N1C(=NC(=O)CC2CCCCC2)S[C@H]2CS(=O)(=O)C[C@@H]21. The standard InChI is InChI=1S/C20H26N2O4S2/c1-26-17-10-6-5-9-15(17)22-16-12-28(24,25)13-18(16)27-20(22)21-19(23)11-14-7-3-2-4-8-14/h5-6,9-10,14,16,18H,2-4,7-8,11-13H2,1H3/t16-,18-/m0/s1. The summed E-state index contributed by atoms with van der Waals surface area (Å²) in [6.45, 7) is 0. The molecular weight excluding hydrogens is 396 g/mol. The second kappa shape index (κ2) is 8.06. The Balaban J connectivity index is 1.62. The molecule has 1 aliphatic carbocycles. The number of fused-ring (bicyclic) bond motifs is 1. The molecular formula is C20H26N2O4S2. The first-order valence-corrected chi connectivity index (χ1v) is 12.6. The Hall–Kier alpha value is -1.54. The van der Waals surface area contributed by atoms with Crippen molar-refractivity contribution in [2.45, 2.75) is 49.8 Å². The van der Waals surface area contributed by atoms with Crippen molar-refractivity contribution in [2.75, 3.05) is 23.5 Å². The number of benzene rings is 1. The van der Waals surface area contributed by atoms with E-state index in [1.54, 1.807) is 7.11 Å². The number of para-hydroxylation sites is 2. The van der Waals surface area contributed by atoms with Crippen molar-refractivity contribution in [3.8, 4) is 5.75 Å². The molecule has 3 aliphatic rings. The Morgan fingerprint density at radius 1 is 1.21 bits per heavy atom. The molecule has 28 heavy (non-hydrogen) atoms. The fourth-order valence-electron chi connectivity index (χ4n) is 4.47. The molecule has 0 radical (unpaired) electrons. The average molecular weight is 423 g/mol. The molecule has 1 aromatic rings. The highest BCUT2D eigenvalue weighted by Crippen LogP contribution is 2.43. The Morgan fingerprint density at radius 2 is 1.96 bits per heavy atom. The lowest BCUT2D eigenvalue weighted by Gasteiger charge is -2.26. The minimum Gasteiger partial charge on any atom is -0.495 e. The van der Waals surface area contributed by atoms with Gasteiger partial charge in [-0.15, -0.1) is 0 Å². The van der Waals surface area contributed by atoms with Gasteiger partial charge < -0.3 is 9.64 Å². The van der Waals surface area contributed by atoms with Crippen molar-refractivity contribution >= 4 is 38.4 Å². The van der Waals surface area contributed by atoms with E-state index in [4.69, 9.17) is 4.74 Å². The fraction of sp³-hybridized carbons (Fsp3) is 0.600. The number of sulfone groups is 1. The quantitative estimate of drug-likeness (QED) is 0.741. The number of ether oxygens (including phenoxy) is 1. The van der Waals surface area contributed by atoms with Crippen LogP contribution >= 0.6 is 11.8 Å². The van der Waals surface area contributed by atoms with E-state index in [0.29, 0.717) is 23.3 Å². The number of carbonyl (C=O) groups is 1. The van der Waals surface area contributed by atoms with Gasteiger partial charge in [0.1, 0.15) is 5.75 Å². The molecule has 2 saturated heterocycles. The van der Waals surface area contributed by atoms with Gasteiger partial charge in [-0.3, -0.25) is 4.79 Å². The van der Waals surface area contributed by atoms with E-state index in [2.05, 4.69) is 4.99 Å². The Labute approximate surface area is 170 Å². The third-order valence-corrected chi connectivity index (χ3v) is 9.03. The van der Waals surface area contributed by atoms with Gasteiger partial charge in [-0.25, -0.2) is 8.42 Å². The molecule has 8 heteroatoms. The lowest BCUT2D eigenvalue weighted by atomic mass is 9.87. The van der Waals surface area contributed by atoms with Gasteiger partial charge in [-0.05, 0) is 30.9 Å². The maximum atomic E-state index is 12.7. The highest BCUT2D eigenvalue weighted by molar-refractivity contribution is 8.16. The van der Waals surface area contributed by atoms with E-state index in [1.165, 1.54) is 31.0 Å². The van der Waals surface area contributed by atoms with Gasteiger partial charge in [0.15, 0.2) is 15.0 Å². The van der Waals surface area contributed by atoms with E-state index < -0.39 is 9.84 Å². The van der Waals surface area contributed by atoms with Gasteiger partial charge in [-0.1, -0.05) is 43.2 Å². The zero-order chi connectivity index (χ0) is 19.7. The molecule has 4 rings (SSSR count). The van der Waals surface area contributed by atoms with Crippen LogP contribution < -0.4 is 9.64 Å². The number of carbonyl (C=O) groups excluding carboxylic acids is 1. The summed E-state index contributed by atoms with van der Waals surface area (Å²) in [7, 11) is -1.49. The minimum absolute atomic E-state index is 0.0819. The van der Waals surface area contributed by atoms with Crippen LogP contribution in [0.4, 0.5) is 5.69 Å². The van der Waals surface area contributed by atoms with Crippen molar-refractivity contribution in [2.24, 2.45) is 10.9 Å². The maximum Gasteiger partial charge on any atom is 0.248 e. The number of thioether (sulfide) groups is 1. The molecule has 0 unspecified atom stereocenters. The number of amidine groups is 1. The molecule has 2 heterocycles. The van der Waals surface area contributed by atoms with Crippen LogP contribution in [0.3, 0.4) is 0 Å². The molecule has 152 valence electrons. The van der Waals surface area contributed by atoms with Crippen LogP contribution in [0.2, 0.25) is 0 Å². The summed E-state index contributed by atoms with van der Waals surface area (Å²) in [6, 6.07) is 7.29. The number of nitrogens with zero attached hydrogens (tertiary/aromatic N) is 2. The van der Waals surface area contributed by atoms with Crippen LogP contribution in [0.5, 0.6) is 5.75 Å². The topological polar surface area (TPSA) is 76.0 Å². The summed E-state index contributed by atoms with van der Waals surface area (Å²) in [5, 5.41) is 0.506. The summed E-state index contributed by atoms with van der Waals surface area (Å²) >= 11 is 1.42. The van der Waals surface area contributed by atoms with E-state index in [-0.39, 0.29) is 28.7 Å². The third kappa shape index (κ3) is 4.08. The monoisotopic (exact) mass is 422 g/mol. The Bertz CT molecular complexity index is 878. The molecule has 3 fully saturated rings. The van der Waals surface area contributed by atoms with Gasteiger partial charge in [0.25, 0.3) is 0 Å². The van der Waals surface area contributed by atoms with Crippen molar-refractivity contribution < 1.29 is 17.9 Å². The summed E-state index contributed by atoms with van der Waals surface area (Å²) < 4.78 is 29.9. The first-order valence-electron chi connectivity index (χ1n) is 9.88. The van der Waals surface area contributed by atoms with Crippen molar-refractivity contribution in [3.63, 3.8) is 0 Å². The molecule has 0 N–H and O–H groups in total. The van der Waals surface area contributed by atoms with Crippen LogP contribution in [0.15, 0.2) is 29.3 Å². The number of hydrogen-bond acceptors (Lipinski definition) is 5. The van der Waals surface area contributed by atoms with Crippen molar-refractivity contribution in [3.05, 3.63) is 24.3 Å². The summed E-state index contributed by atoms with van der Waals surface area (Å²) in [5.74, 6) is 1.19. The Morgan fingerprint density at radius 3 is 2.71 bits per heavy atom. The van der Waals surface area contributed by atoms with E-state index >= 15 is 0 Å². The van der Waals surface area contributed by atoms with Gasteiger partial charge in [-0.2, -0.15) is 4.99 Å². The number of methoxy groups -OCH3 is 1. The van der Waals surface area contributed by atoms with Crippen LogP contribution in [-0.4, -0.2) is 49.4 Å². The van der Waals surface area contributed by atoms with Crippen LogP contribution in [0.1, 0.15) is 38.5 Å². The highest BCUT2D eigenvalue weighted by atomic mass is 32.2. The molecule has 0 spiro atoms. The second-order valence-corrected chi connectivity index (χ2v) is 11.2. The average Bonchev–Trinajstić information content (AvgIpc) is 3.13. The number of amides is 1.